The summed E-state index contributed by atoms with van der Waals surface area (Å²) < 4.78 is 21.3. The summed E-state index contributed by atoms with van der Waals surface area (Å²) in [7, 11) is 0. The molecule has 0 bridgehead atoms. The van der Waals surface area contributed by atoms with Crippen LogP contribution >= 0.6 is 0 Å². The van der Waals surface area contributed by atoms with Crippen molar-refractivity contribution in [3.63, 3.8) is 0 Å². The van der Waals surface area contributed by atoms with Gasteiger partial charge >= 0.3 is 11.7 Å². The highest BCUT2D eigenvalue weighted by Gasteiger charge is 2.32. The molecule has 1 saturated heterocycles. The molecule has 4 rings (SSSR count). The molecule has 1 amide bonds. The van der Waals surface area contributed by atoms with E-state index in [2.05, 4.69) is 11.0 Å². The number of amides is 1. The zero-order valence-corrected chi connectivity index (χ0v) is 24.7. The second kappa shape index (κ2) is 14.6. The number of hydrogen-bond donors (Lipinski definition) is 0. The smallest absolute Gasteiger partial charge is 0.352 e. The van der Waals surface area contributed by atoms with Gasteiger partial charge in [-0.05, 0) is 80.5 Å². The predicted molar refractivity (Wildman–Crippen MR) is 161 cm³/mol. The molecule has 1 aliphatic heterocycles. The lowest BCUT2D eigenvalue weighted by Crippen LogP contribution is -2.49. The van der Waals surface area contributed by atoms with E-state index in [1.807, 2.05) is 19.9 Å². The Morgan fingerprint density at radius 2 is 1.86 bits per heavy atom. The molecule has 2 aromatic carbocycles. The topological polar surface area (TPSA) is 104 Å². The van der Waals surface area contributed by atoms with Crippen LogP contribution in [0.2, 0.25) is 0 Å². The summed E-state index contributed by atoms with van der Waals surface area (Å²) in [6.45, 7) is 4.26. The Morgan fingerprint density at radius 1 is 1.07 bits per heavy atom. The molecule has 1 aliphatic rings. The van der Waals surface area contributed by atoms with Gasteiger partial charge in [0, 0.05) is 19.5 Å². The molecule has 1 aromatic heterocycles. The SMILES string of the molecule is C#CCCCCCCOC(=O)C1CCCN(C(=O)c2nn(-c3ccc(C)c(C)c3)c(=O)n(Cc3cccc(F)c3)c2=O)C1. The summed E-state index contributed by atoms with van der Waals surface area (Å²) in [5, 5.41) is 4.25. The fourth-order valence-corrected chi connectivity index (χ4v) is 5.11. The summed E-state index contributed by atoms with van der Waals surface area (Å²) in [6, 6.07) is 10.8. The van der Waals surface area contributed by atoms with Crippen LogP contribution in [0.15, 0.2) is 52.1 Å². The Morgan fingerprint density at radius 3 is 2.60 bits per heavy atom. The third kappa shape index (κ3) is 7.86. The number of carbonyl (C=O) groups is 2. The molecule has 3 aromatic rings. The molecule has 0 aliphatic carbocycles. The third-order valence-electron chi connectivity index (χ3n) is 7.73. The molecule has 226 valence electrons. The van der Waals surface area contributed by atoms with Gasteiger partial charge in [0.25, 0.3) is 11.5 Å². The Kier molecular flexibility index (Phi) is 10.7. The van der Waals surface area contributed by atoms with Crippen molar-refractivity contribution < 1.29 is 18.7 Å². The highest BCUT2D eigenvalue weighted by Crippen LogP contribution is 2.20. The van der Waals surface area contributed by atoms with Crippen LogP contribution in [0.25, 0.3) is 5.69 Å². The van der Waals surface area contributed by atoms with E-state index in [1.165, 1.54) is 23.1 Å². The number of benzene rings is 2. The van der Waals surface area contributed by atoms with Gasteiger partial charge in [-0.2, -0.15) is 9.78 Å². The largest absolute Gasteiger partial charge is 0.465 e. The molecule has 0 N–H and O–H groups in total. The Labute approximate surface area is 250 Å². The second-order valence-corrected chi connectivity index (χ2v) is 11.0. The first-order valence-electron chi connectivity index (χ1n) is 14.6. The Balaban J connectivity index is 1.59. The van der Waals surface area contributed by atoms with Crippen LogP contribution in [-0.2, 0) is 16.1 Å². The van der Waals surface area contributed by atoms with Crippen molar-refractivity contribution in [2.45, 2.75) is 65.3 Å². The van der Waals surface area contributed by atoms with Crippen LogP contribution in [0.4, 0.5) is 4.39 Å². The summed E-state index contributed by atoms with van der Waals surface area (Å²) >= 11 is 0. The van der Waals surface area contributed by atoms with Crippen molar-refractivity contribution in [3.8, 4) is 18.0 Å². The lowest BCUT2D eigenvalue weighted by Gasteiger charge is -2.31. The summed E-state index contributed by atoms with van der Waals surface area (Å²) in [5.41, 5.74) is 0.572. The van der Waals surface area contributed by atoms with Gasteiger partial charge in [-0.25, -0.2) is 9.18 Å². The molecule has 0 spiro atoms. The van der Waals surface area contributed by atoms with Gasteiger partial charge in [0.2, 0.25) is 5.69 Å². The number of piperidine rings is 1. The molecule has 9 nitrogen and oxygen atoms in total. The first kappa shape index (κ1) is 31.4. The maximum atomic E-state index is 13.9. The van der Waals surface area contributed by atoms with Crippen LogP contribution in [0.5, 0.6) is 0 Å². The number of nitrogens with zero attached hydrogens (tertiary/aromatic N) is 4. The second-order valence-electron chi connectivity index (χ2n) is 11.0. The van der Waals surface area contributed by atoms with Gasteiger partial charge in [0.15, 0.2) is 0 Å². The molecule has 10 heteroatoms. The third-order valence-corrected chi connectivity index (χ3v) is 7.73. The van der Waals surface area contributed by atoms with Crippen molar-refractivity contribution in [2.24, 2.45) is 5.92 Å². The van der Waals surface area contributed by atoms with E-state index in [0.717, 1.165) is 52.5 Å². The maximum absolute atomic E-state index is 13.9. The molecule has 1 unspecified atom stereocenters. The van der Waals surface area contributed by atoms with Crippen LogP contribution in [0.3, 0.4) is 0 Å². The number of unbranched alkanes of at least 4 members (excludes halogenated alkanes) is 4. The molecule has 1 atom stereocenters. The number of likely N-dealkylation sites (tertiary alicyclic amines) is 1. The summed E-state index contributed by atoms with van der Waals surface area (Å²) in [4.78, 5) is 55.1. The summed E-state index contributed by atoms with van der Waals surface area (Å²) in [6.07, 6.45) is 10.7. The molecular weight excluding hydrogens is 551 g/mol. The van der Waals surface area contributed by atoms with Crippen LogP contribution in [0, 0.1) is 37.9 Å². The average molecular weight is 589 g/mol. The minimum Gasteiger partial charge on any atom is -0.465 e. The fraction of sp³-hybridized carbons (Fsp3) is 0.424. The summed E-state index contributed by atoms with van der Waals surface area (Å²) in [5.74, 6) is 0.511. The Hall–Kier alpha value is -4.52. The van der Waals surface area contributed by atoms with E-state index in [0.29, 0.717) is 37.2 Å². The fourth-order valence-electron chi connectivity index (χ4n) is 5.11. The standard InChI is InChI=1S/C33H37FN4O5/c1-4-5-6-7-8-9-18-43-32(41)26-13-11-17-36(22-26)30(39)29-31(40)37(21-25-12-10-14-27(34)20-25)33(42)38(35-29)28-16-15-23(2)24(3)19-28/h1,10,12,14-16,19-20,26H,5-9,11,13,17-18,21-22H2,2-3H3. The number of ether oxygens (including phenoxy) is 1. The minimum atomic E-state index is -0.881. The minimum absolute atomic E-state index is 0.0770. The van der Waals surface area contributed by atoms with Crippen LogP contribution in [0.1, 0.15) is 72.1 Å². The molecule has 2 heterocycles. The van der Waals surface area contributed by atoms with E-state index < -0.39 is 34.6 Å². The van der Waals surface area contributed by atoms with Crippen LogP contribution < -0.4 is 11.2 Å². The quantitative estimate of drug-likeness (QED) is 0.189. The lowest BCUT2D eigenvalue weighted by atomic mass is 9.98. The number of halogens is 1. The number of rotatable bonds is 11. The number of hydrogen-bond acceptors (Lipinski definition) is 6. The number of terminal acetylenes is 1. The van der Waals surface area contributed by atoms with Crippen molar-refractivity contribution >= 4 is 11.9 Å². The van der Waals surface area contributed by atoms with E-state index >= 15 is 0 Å². The number of carbonyl (C=O) groups excluding carboxylic acids is 2. The monoisotopic (exact) mass is 588 g/mol. The highest BCUT2D eigenvalue weighted by atomic mass is 19.1. The van der Waals surface area contributed by atoms with Crippen molar-refractivity contribution in [1.29, 1.82) is 0 Å². The van der Waals surface area contributed by atoms with E-state index in [1.54, 1.807) is 18.2 Å². The van der Waals surface area contributed by atoms with Crippen molar-refractivity contribution in [3.05, 3.63) is 91.5 Å². The number of aromatic nitrogens is 3. The number of esters is 1. The normalized spacial score (nSPS) is 14.7. The van der Waals surface area contributed by atoms with Crippen molar-refractivity contribution in [1.82, 2.24) is 19.2 Å². The molecular formula is C33H37FN4O5. The molecule has 1 fully saturated rings. The van der Waals surface area contributed by atoms with Gasteiger partial charge in [0.1, 0.15) is 5.82 Å². The van der Waals surface area contributed by atoms with E-state index in [4.69, 9.17) is 11.2 Å². The lowest BCUT2D eigenvalue weighted by molar-refractivity contribution is -0.150. The first-order chi connectivity index (χ1) is 20.7. The average Bonchev–Trinajstić information content (AvgIpc) is 3.00. The van der Waals surface area contributed by atoms with Gasteiger partial charge in [0.05, 0.1) is 24.8 Å². The van der Waals surface area contributed by atoms with Crippen LogP contribution in [-0.4, -0.2) is 50.8 Å². The first-order valence-corrected chi connectivity index (χ1v) is 14.6. The molecule has 0 radical (unpaired) electrons. The molecule has 0 saturated carbocycles. The zero-order valence-electron chi connectivity index (χ0n) is 24.7. The Bertz CT molecular complexity index is 1640. The van der Waals surface area contributed by atoms with Crippen molar-refractivity contribution in [2.75, 3.05) is 19.7 Å². The van der Waals surface area contributed by atoms with Gasteiger partial charge in [-0.15, -0.1) is 12.3 Å². The maximum Gasteiger partial charge on any atom is 0.352 e. The molecule has 43 heavy (non-hydrogen) atoms. The van der Waals surface area contributed by atoms with E-state index in [9.17, 15) is 23.6 Å². The van der Waals surface area contributed by atoms with Gasteiger partial charge in [-0.1, -0.05) is 31.0 Å². The number of aryl methyl sites for hydroxylation is 2. The van der Waals surface area contributed by atoms with E-state index in [-0.39, 0.29) is 19.1 Å². The highest BCUT2D eigenvalue weighted by molar-refractivity contribution is 5.92. The predicted octanol–water partition coefficient (Wildman–Crippen LogP) is 4.18. The zero-order chi connectivity index (χ0) is 30.9. The van der Waals surface area contributed by atoms with Gasteiger partial charge in [-0.3, -0.25) is 19.0 Å². The van der Waals surface area contributed by atoms with Gasteiger partial charge < -0.3 is 9.64 Å².